The van der Waals surface area contributed by atoms with Crippen molar-refractivity contribution in [3.05, 3.63) is 42.0 Å². The van der Waals surface area contributed by atoms with Gasteiger partial charge >= 0.3 is 0 Å². The van der Waals surface area contributed by atoms with Gasteiger partial charge in [-0.15, -0.1) is 0 Å². The molecule has 4 heteroatoms. The largest absolute Gasteiger partial charge is 0.496 e. The lowest BCUT2D eigenvalue weighted by Crippen LogP contribution is -2.42. The van der Waals surface area contributed by atoms with Gasteiger partial charge in [-0.05, 0) is 43.2 Å². The highest BCUT2D eigenvalue weighted by Gasteiger charge is 2.26. The van der Waals surface area contributed by atoms with Gasteiger partial charge in [-0.25, -0.2) is 0 Å². The van der Waals surface area contributed by atoms with Crippen LogP contribution in [0.4, 0.5) is 0 Å². The molecular formula is C19H24N2O2. The van der Waals surface area contributed by atoms with Crippen LogP contribution >= 0.6 is 0 Å². The fourth-order valence-corrected chi connectivity index (χ4v) is 3.43. The van der Waals surface area contributed by atoms with Crippen LogP contribution in [0.25, 0.3) is 10.8 Å². The van der Waals surface area contributed by atoms with Crippen LogP contribution in [0.15, 0.2) is 36.4 Å². The number of likely N-dealkylation sites (tertiary alicyclic amines) is 1. The van der Waals surface area contributed by atoms with Gasteiger partial charge in [0.25, 0.3) is 5.91 Å². The van der Waals surface area contributed by atoms with Crippen molar-refractivity contribution in [2.75, 3.05) is 20.2 Å². The molecule has 23 heavy (non-hydrogen) atoms. The maximum absolute atomic E-state index is 12.9. The second-order valence-electron chi connectivity index (χ2n) is 6.35. The van der Waals surface area contributed by atoms with Gasteiger partial charge < -0.3 is 15.4 Å². The number of rotatable bonds is 3. The minimum absolute atomic E-state index is 0.104. The number of ether oxygens (including phenoxy) is 1. The van der Waals surface area contributed by atoms with E-state index in [2.05, 4.69) is 6.92 Å². The van der Waals surface area contributed by atoms with Gasteiger partial charge in [-0.1, -0.05) is 24.3 Å². The quantitative estimate of drug-likeness (QED) is 0.947. The van der Waals surface area contributed by atoms with Crippen molar-refractivity contribution in [1.29, 1.82) is 0 Å². The number of hydrogen-bond acceptors (Lipinski definition) is 3. The van der Waals surface area contributed by atoms with Crippen molar-refractivity contribution in [3.8, 4) is 5.75 Å². The summed E-state index contributed by atoms with van der Waals surface area (Å²) in [4.78, 5) is 14.9. The highest BCUT2D eigenvalue weighted by molar-refractivity contribution is 6.08. The Bertz CT molecular complexity index is 704. The van der Waals surface area contributed by atoms with E-state index in [1.54, 1.807) is 7.11 Å². The number of fused-ring (bicyclic) bond motifs is 1. The number of carbonyl (C=O) groups excluding carboxylic acids is 1. The Balaban J connectivity index is 1.88. The Morgan fingerprint density at radius 2 is 1.83 bits per heavy atom. The van der Waals surface area contributed by atoms with E-state index >= 15 is 0 Å². The molecule has 4 nitrogen and oxygen atoms in total. The minimum atomic E-state index is 0.104. The molecule has 1 fully saturated rings. The number of hydrogen-bond donors (Lipinski definition) is 1. The van der Waals surface area contributed by atoms with Gasteiger partial charge in [0, 0.05) is 30.1 Å². The Kier molecular flexibility index (Phi) is 4.53. The van der Waals surface area contributed by atoms with Gasteiger partial charge in [-0.3, -0.25) is 4.79 Å². The first-order chi connectivity index (χ1) is 11.1. The molecule has 1 heterocycles. The van der Waals surface area contributed by atoms with E-state index in [1.807, 2.05) is 41.3 Å². The molecule has 1 atom stereocenters. The van der Waals surface area contributed by atoms with Crippen LogP contribution in [0, 0.1) is 5.92 Å². The molecule has 2 aromatic carbocycles. The lowest BCUT2D eigenvalue weighted by molar-refractivity contribution is 0.0683. The van der Waals surface area contributed by atoms with Crippen molar-refractivity contribution < 1.29 is 9.53 Å². The zero-order valence-electron chi connectivity index (χ0n) is 13.8. The topological polar surface area (TPSA) is 55.6 Å². The van der Waals surface area contributed by atoms with E-state index in [-0.39, 0.29) is 11.9 Å². The summed E-state index contributed by atoms with van der Waals surface area (Å²) in [6.07, 6.45) is 1.97. The molecule has 0 bridgehead atoms. The summed E-state index contributed by atoms with van der Waals surface area (Å²) >= 11 is 0. The zero-order chi connectivity index (χ0) is 16.4. The normalized spacial score (nSPS) is 17.3. The fraction of sp³-hybridized carbons (Fsp3) is 0.421. The molecule has 1 saturated heterocycles. The second kappa shape index (κ2) is 6.59. The third-order valence-electron chi connectivity index (χ3n) is 4.90. The number of amides is 1. The van der Waals surface area contributed by atoms with Crippen LogP contribution in [-0.4, -0.2) is 37.0 Å². The predicted octanol–water partition coefficient (Wildman–Crippen LogP) is 3.05. The monoisotopic (exact) mass is 312 g/mol. The fourth-order valence-electron chi connectivity index (χ4n) is 3.43. The summed E-state index contributed by atoms with van der Waals surface area (Å²) in [6.45, 7) is 3.62. The molecule has 122 valence electrons. The van der Waals surface area contributed by atoms with Crippen molar-refractivity contribution in [1.82, 2.24) is 4.90 Å². The Hall–Kier alpha value is -2.07. The van der Waals surface area contributed by atoms with Crippen LogP contribution in [0.3, 0.4) is 0 Å². The average Bonchev–Trinajstić information content (AvgIpc) is 2.60. The predicted molar refractivity (Wildman–Crippen MR) is 92.8 cm³/mol. The highest BCUT2D eigenvalue weighted by atomic mass is 16.5. The molecule has 0 aromatic heterocycles. The third-order valence-corrected chi connectivity index (χ3v) is 4.90. The molecule has 0 aliphatic carbocycles. The molecule has 2 N–H and O–H groups in total. The smallest absolute Gasteiger partial charge is 0.254 e. The van der Waals surface area contributed by atoms with Crippen molar-refractivity contribution in [2.24, 2.45) is 11.7 Å². The standard InChI is InChI=1S/C19H24N2O2/c1-13(20)14-9-11-21(12-10-14)19(22)17-7-8-18(23-2)16-6-4-3-5-15(16)17/h3-8,13-14H,9-12,20H2,1-2H3. The molecule has 0 radical (unpaired) electrons. The molecule has 1 amide bonds. The number of nitrogens with two attached hydrogens (primary N) is 1. The number of piperidine rings is 1. The van der Waals surface area contributed by atoms with Gasteiger partial charge in [-0.2, -0.15) is 0 Å². The summed E-state index contributed by atoms with van der Waals surface area (Å²) in [6, 6.07) is 11.9. The number of nitrogens with zero attached hydrogens (tertiary/aromatic N) is 1. The van der Waals surface area contributed by atoms with E-state index in [9.17, 15) is 4.79 Å². The van der Waals surface area contributed by atoms with Crippen LogP contribution in [-0.2, 0) is 0 Å². The third kappa shape index (κ3) is 3.04. The number of benzene rings is 2. The second-order valence-corrected chi connectivity index (χ2v) is 6.35. The van der Waals surface area contributed by atoms with Gasteiger partial charge in [0.15, 0.2) is 0 Å². The molecule has 0 saturated carbocycles. The lowest BCUT2D eigenvalue weighted by atomic mass is 9.90. The maximum Gasteiger partial charge on any atom is 0.254 e. The molecule has 0 spiro atoms. The van der Waals surface area contributed by atoms with E-state index < -0.39 is 0 Å². The molecule has 1 unspecified atom stereocenters. The van der Waals surface area contributed by atoms with Gasteiger partial charge in [0.1, 0.15) is 5.75 Å². The Labute approximate surface area is 137 Å². The SMILES string of the molecule is COc1ccc(C(=O)N2CCC(C(C)N)CC2)c2ccccc12. The van der Waals surface area contributed by atoms with Crippen molar-refractivity contribution in [2.45, 2.75) is 25.8 Å². The van der Waals surface area contributed by atoms with E-state index in [0.29, 0.717) is 5.92 Å². The molecule has 3 rings (SSSR count). The van der Waals surface area contributed by atoms with Crippen LogP contribution in [0.5, 0.6) is 5.75 Å². The van der Waals surface area contributed by atoms with Crippen LogP contribution in [0.1, 0.15) is 30.1 Å². The van der Waals surface area contributed by atoms with Crippen LogP contribution < -0.4 is 10.5 Å². The van der Waals surface area contributed by atoms with E-state index in [1.165, 1.54) is 0 Å². The molecule has 2 aromatic rings. The summed E-state index contributed by atoms with van der Waals surface area (Å²) in [5.74, 6) is 1.42. The number of carbonyl (C=O) groups is 1. The summed E-state index contributed by atoms with van der Waals surface area (Å²) in [5, 5.41) is 1.93. The van der Waals surface area contributed by atoms with E-state index in [4.69, 9.17) is 10.5 Å². The minimum Gasteiger partial charge on any atom is -0.496 e. The van der Waals surface area contributed by atoms with E-state index in [0.717, 1.165) is 48.0 Å². The first-order valence-corrected chi connectivity index (χ1v) is 8.22. The molecule has 1 aliphatic rings. The summed E-state index contributed by atoms with van der Waals surface area (Å²) in [7, 11) is 1.65. The maximum atomic E-state index is 12.9. The lowest BCUT2D eigenvalue weighted by Gasteiger charge is -2.34. The van der Waals surface area contributed by atoms with Crippen LogP contribution in [0.2, 0.25) is 0 Å². The molecular weight excluding hydrogens is 288 g/mol. The molecule has 1 aliphatic heterocycles. The first-order valence-electron chi connectivity index (χ1n) is 8.22. The first kappa shape index (κ1) is 15.8. The Morgan fingerprint density at radius 3 is 2.43 bits per heavy atom. The highest BCUT2D eigenvalue weighted by Crippen LogP contribution is 2.30. The van der Waals surface area contributed by atoms with Gasteiger partial charge in [0.2, 0.25) is 0 Å². The zero-order valence-corrected chi connectivity index (χ0v) is 13.8. The van der Waals surface area contributed by atoms with Crippen molar-refractivity contribution >= 4 is 16.7 Å². The Morgan fingerprint density at radius 1 is 1.17 bits per heavy atom. The average molecular weight is 312 g/mol. The number of methoxy groups -OCH3 is 1. The van der Waals surface area contributed by atoms with Crippen molar-refractivity contribution in [3.63, 3.8) is 0 Å². The summed E-state index contributed by atoms with van der Waals surface area (Å²) < 4.78 is 5.41. The summed E-state index contributed by atoms with van der Waals surface area (Å²) in [5.41, 5.74) is 6.74. The van der Waals surface area contributed by atoms with Gasteiger partial charge in [0.05, 0.1) is 7.11 Å².